The predicted molar refractivity (Wildman–Crippen MR) is 91.3 cm³/mol. The van der Waals surface area contributed by atoms with Gasteiger partial charge in [-0.25, -0.2) is 13.2 Å². The van der Waals surface area contributed by atoms with E-state index in [1.807, 2.05) is 7.05 Å². The number of carbonyl (C=O) groups is 1. The lowest BCUT2D eigenvalue weighted by molar-refractivity contribution is 0.0600. The second-order valence-corrected chi connectivity index (χ2v) is 7.29. The summed E-state index contributed by atoms with van der Waals surface area (Å²) in [6.45, 7) is 1.17. The third-order valence-electron chi connectivity index (χ3n) is 3.88. The van der Waals surface area contributed by atoms with E-state index in [1.54, 1.807) is 28.6 Å². The number of halogens is 1. The molecule has 0 aliphatic carbocycles. The van der Waals surface area contributed by atoms with E-state index in [2.05, 4.69) is 5.32 Å². The normalized spacial score (nSPS) is 18.4. The molecular formula is C15H23ClN2O4S. The van der Waals surface area contributed by atoms with E-state index in [0.29, 0.717) is 24.2 Å². The van der Waals surface area contributed by atoms with Crippen molar-refractivity contribution in [3.63, 3.8) is 0 Å². The van der Waals surface area contributed by atoms with Gasteiger partial charge in [-0.2, -0.15) is 4.31 Å². The topological polar surface area (TPSA) is 75.7 Å². The Labute approximate surface area is 143 Å². The first-order valence-electron chi connectivity index (χ1n) is 7.30. The molecule has 1 heterocycles. The first-order valence-corrected chi connectivity index (χ1v) is 8.91. The summed E-state index contributed by atoms with van der Waals surface area (Å²) < 4.78 is 31.7. The molecular weight excluding hydrogens is 340 g/mol. The van der Waals surface area contributed by atoms with Crippen LogP contribution in [0.2, 0.25) is 0 Å². The Balaban J connectivity index is 0.00000264. The zero-order chi connectivity index (χ0) is 16.2. The minimum Gasteiger partial charge on any atom is -0.465 e. The van der Waals surface area contributed by atoms with Gasteiger partial charge in [-0.3, -0.25) is 0 Å². The molecule has 1 aromatic rings. The molecule has 1 fully saturated rings. The van der Waals surface area contributed by atoms with Crippen molar-refractivity contribution in [3.8, 4) is 0 Å². The number of methoxy groups -OCH3 is 1. The van der Waals surface area contributed by atoms with Crippen molar-refractivity contribution in [2.45, 2.75) is 24.6 Å². The molecule has 1 N–H and O–H groups in total. The molecule has 0 saturated carbocycles. The van der Waals surface area contributed by atoms with E-state index in [9.17, 15) is 13.2 Å². The van der Waals surface area contributed by atoms with Gasteiger partial charge < -0.3 is 10.1 Å². The third kappa shape index (κ3) is 4.67. The summed E-state index contributed by atoms with van der Waals surface area (Å²) in [4.78, 5) is 11.8. The van der Waals surface area contributed by atoms with Gasteiger partial charge in [0.1, 0.15) is 0 Å². The van der Waals surface area contributed by atoms with Crippen molar-refractivity contribution >= 4 is 28.4 Å². The van der Waals surface area contributed by atoms with E-state index in [1.165, 1.54) is 7.11 Å². The van der Waals surface area contributed by atoms with E-state index >= 15 is 0 Å². The maximum atomic E-state index is 12.7. The highest BCUT2D eigenvalue weighted by molar-refractivity contribution is 7.88. The van der Waals surface area contributed by atoms with Gasteiger partial charge in [-0.05, 0) is 31.5 Å². The van der Waals surface area contributed by atoms with Crippen molar-refractivity contribution in [3.05, 3.63) is 35.4 Å². The highest BCUT2D eigenvalue weighted by Crippen LogP contribution is 2.24. The van der Waals surface area contributed by atoms with Gasteiger partial charge >= 0.3 is 5.97 Å². The molecule has 1 unspecified atom stereocenters. The fourth-order valence-electron chi connectivity index (χ4n) is 2.85. The van der Waals surface area contributed by atoms with Gasteiger partial charge in [0.25, 0.3) is 0 Å². The molecule has 1 aromatic carbocycles. The quantitative estimate of drug-likeness (QED) is 0.774. The predicted octanol–water partition coefficient (Wildman–Crippen LogP) is 1.41. The summed E-state index contributed by atoms with van der Waals surface area (Å²) in [5.74, 6) is -0.697. The molecule has 2 rings (SSSR count). The van der Waals surface area contributed by atoms with E-state index < -0.39 is 16.0 Å². The summed E-state index contributed by atoms with van der Waals surface area (Å²) in [6.07, 6.45) is 1.73. The average molecular weight is 363 g/mol. The number of esters is 1. The number of hydrogen-bond donors (Lipinski definition) is 1. The Morgan fingerprint density at radius 2 is 2.09 bits per heavy atom. The minimum absolute atomic E-state index is 0. The van der Waals surface area contributed by atoms with Crippen molar-refractivity contribution in [2.24, 2.45) is 0 Å². The van der Waals surface area contributed by atoms with Crippen LogP contribution in [0.25, 0.3) is 0 Å². The van der Waals surface area contributed by atoms with Crippen LogP contribution in [0.3, 0.4) is 0 Å². The molecule has 23 heavy (non-hydrogen) atoms. The summed E-state index contributed by atoms with van der Waals surface area (Å²) in [6, 6.07) is 6.66. The fraction of sp³-hybridized carbons (Fsp3) is 0.533. The van der Waals surface area contributed by atoms with Crippen LogP contribution < -0.4 is 5.32 Å². The lowest BCUT2D eigenvalue weighted by Crippen LogP contribution is -2.41. The largest absolute Gasteiger partial charge is 0.465 e. The fourth-order valence-corrected chi connectivity index (χ4v) is 4.70. The highest BCUT2D eigenvalue weighted by Gasteiger charge is 2.34. The van der Waals surface area contributed by atoms with Gasteiger partial charge in [0.2, 0.25) is 10.0 Å². The first-order chi connectivity index (χ1) is 10.5. The van der Waals surface area contributed by atoms with Gasteiger partial charge in [-0.1, -0.05) is 18.2 Å². The summed E-state index contributed by atoms with van der Waals surface area (Å²) in [5, 5.41) is 3.03. The van der Waals surface area contributed by atoms with E-state index in [0.717, 1.165) is 12.8 Å². The Hall–Kier alpha value is -1.15. The Kier molecular flexibility index (Phi) is 7.47. The van der Waals surface area contributed by atoms with Crippen LogP contribution in [0.5, 0.6) is 0 Å². The minimum atomic E-state index is -3.46. The Morgan fingerprint density at radius 3 is 2.74 bits per heavy atom. The molecule has 6 nitrogen and oxygen atoms in total. The summed E-state index contributed by atoms with van der Waals surface area (Å²) >= 11 is 0. The van der Waals surface area contributed by atoms with Crippen molar-refractivity contribution < 1.29 is 17.9 Å². The van der Waals surface area contributed by atoms with Crippen LogP contribution in [0.1, 0.15) is 28.8 Å². The number of nitrogens with one attached hydrogen (secondary N) is 1. The maximum Gasteiger partial charge on any atom is 0.338 e. The van der Waals surface area contributed by atoms with Crippen LogP contribution in [0.4, 0.5) is 0 Å². The maximum absolute atomic E-state index is 12.7. The second-order valence-electron chi connectivity index (χ2n) is 5.37. The molecule has 0 radical (unpaired) electrons. The SMILES string of the molecule is CNCC1CCCN1S(=O)(=O)Cc1ccccc1C(=O)OC.Cl. The molecule has 130 valence electrons. The van der Waals surface area contributed by atoms with E-state index in [-0.39, 0.29) is 24.2 Å². The highest BCUT2D eigenvalue weighted by atomic mass is 35.5. The number of carbonyl (C=O) groups excluding carboxylic acids is 1. The lowest BCUT2D eigenvalue weighted by atomic mass is 10.1. The van der Waals surface area contributed by atoms with Crippen LogP contribution in [0, 0.1) is 0 Å². The number of ether oxygens (including phenoxy) is 1. The van der Waals surface area contributed by atoms with Crippen LogP contribution >= 0.6 is 12.4 Å². The lowest BCUT2D eigenvalue weighted by Gasteiger charge is -2.24. The second kappa shape index (κ2) is 8.63. The number of benzene rings is 1. The molecule has 1 aliphatic rings. The van der Waals surface area contributed by atoms with Gasteiger partial charge in [0, 0.05) is 19.1 Å². The van der Waals surface area contributed by atoms with Crippen molar-refractivity contribution in [1.29, 1.82) is 0 Å². The number of rotatable bonds is 6. The van der Waals surface area contributed by atoms with Crippen LogP contribution in [-0.2, 0) is 20.5 Å². The Morgan fingerprint density at radius 1 is 1.39 bits per heavy atom. The van der Waals surface area contributed by atoms with Gasteiger partial charge in [0.05, 0.1) is 18.4 Å². The number of sulfonamides is 1. The monoisotopic (exact) mass is 362 g/mol. The average Bonchev–Trinajstić information content (AvgIpc) is 2.96. The molecule has 1 aliphatic heterocycles. The smallest absolute Gasteiger partial charge is 0.338 e. The molecule has 0 spiro atoms. The molecule has 1 atom stereocenters. The Bertz CT molecular complexity index is 636. The first kappa shape index (κ1) is 19.9. The number of likely N-dealkylation sites (N-methyl/N-ethyl adjacent to an activating group) is 1. The van der Waals surface area contributed by atoms with Crippen molar-refractivity contribution in [2.75, 3.05) is 27.2 Å². The molecule has 1 saturated heterocycles. The van der Waals surface area contributed by atoms with Gasteiger partial charge in [0.15, 0.2) is 0 Å². The van der Waals surface area contributed by atoms with Crippen molar-refractivity contribution in [1.82, 2.24) is 9.62 Å². The molecule has 8 heteroatoms. The molecule has 0 aromatic heterocycles. The van der Waals surface area contributed by atoms with Crippen LogP contribution in [-0.4, -0.2) is 52.0 Å². The number of hydrogen-bond acceptors (Lipinski definition) is 5. The summed E-state index contributed by atoms with van der Waals surface area (Å²) in [7, 11) is -0.359. The summed E-state index contributed by atoms with van der Waals surface area (Å²) in [5.41, 5.74) is 0.780. The van der Waals surface area contributed by atoms with Crippen LogP contribution in [0.15, 0.2) is 24.3 Å². The molecule has 0 bridgehead atoms. The van der Waals surface area contributed by atoms with Gasteiger partial charge in [-0.15, -0.1) is 12.4 Å². The zero-order valence-corrected chi connectivity index (χ0v) is 15.0. The zero-order valence-electron chi connectivity index (χ0n) is 13.3. The molecule has 0 amide bonds. The third-order valence-corrected chi connectivity index (χ3v) is 5.75. The number of nitrogens with zero attached hydrogens (tertiary/aromatic N) is 1. The van der Waals surface area contributed by atoms with E-state index in [4.69, 9.17) is 4.74 Å². The standard InChI is InChI=1S/C15H22N2O4S.ClH/c1-16-10-13-7-5-9-17(13)22(19,20)11-12-6-3-4-8-14(12)15(18)21-2;/h3-4,6,8,13,16H,5,7,9-11H2,1-2H3;1H.